The van der Waals surface area contributed by atoms with Gasteiger partial charge in [-0.15, -0.1) is 0 Å². The molecule has 1 aromatic carbocycles. The van der Waals surface area contributed by atoms with E-state index in [0.29, 0.717) is 6.54 Å². The molecule has 0 unspecified atom stereocenters. The number of carboxylic acid groups (broad SMARTS) is 1. The van der Waals surface area contributed by atoms with Crippen molar-refractivity contribution in [1.29, 1.82) is 0 Å². The van der Waals surface area contributed by atoms with Gasteiger partial charge < -0.3 is 15.2 Å². The molecule has 0 radical (unpaired) electrons. The molecule has 0 atom stereocenters. The molecule has 1 heterocycles. The van der Waals surface area contributed by atoms with Gasteiger partial charge in [-0.25, -0.2) is 14.8 Å². The molecule has 7 heteroatoms. The Morgan fingerprint density at radius 1 is 1.13 bits per heavy atom. The van der Waals surface area contributed by atoms with Crippen LogP contribution in [0.25, 0.3) is 0 Å². The number of carbonyl (C=O) groups is 2. The van der Waals surface area contributed by atoms with Crippen LogP contribution in [0.5, 0.6) is 5.75 Å². The molecule has 0 saturated carbocycles. The molecule has 0 fully saturated rings. The minimum Gasteiger partial charge on any atom is -0.497 e. The zero-order chi connectivity index (χ0) is 16.7. The lowest BCUT2D eigenvalue weighted by molar-refractivity contribution is 0.0689. The van der Waals surface area contributed by atoms with Crippen molar-refractivity contribution in [3.63, 3.8) is 0 Å². The van der Waals surface area contributed by atoms with Crippen molar-refractivity contribution >= 4 is 11.9 Å². The van der Waals surface area contributed by atoms with E-state index in [2.05, 4.69) is 15.3 Å². The van der Waals surface area contributed by atoms with Crippen molar-refractivity contribution in [3.05, 3.63) is 53.6 Å². The molecule has 2 N–H and O–H groups in total. The van der Waals surface area contributed by atoms with Gasteiger partial charge in [0, 0.05) is 6.54 Å². The van der Waals surface area contributed by atoms with Crippen LogP contribution in [0.2, 0.25) is 0 Å². The summed E-state index contributed by atoms with van der Waals surface area (Å²) in [5, 5.41) is 11.4. The van der Waals surface area contributed by atoms with Gasteiger partial charge in [-0.2, -0.15) is 0 Å². The van der Waals surface area contributed by atoms with E-state index < -0.39 is 5.97 Å². The summed E-state index contributed by atoms with van der Waals surface area (Å²) in [7, 11) is 1.62. The van der Waals surface area contributed by atoms with Gasteiger partial charge in [0.2, 0.25) is 0 Å². The smallest absolute Gasteiger partial charge is 0.356 e. The van der Waals surface area contributed by atoms with Crippen molar-refractivity contribution in [2.45, 2.75) is 12.8 Å². The molecule has 1 amide bonds. The van der Waals surface area contributed by atoms with Crippen LogP contribution in [0.15, 0.2) is 36.7 Å². The number of carboxylic acids is 1. The number of rotatable bonds is 7. The third-order valence-corrected chi connectivity index (χ3v) is 3.19. The summed E-state index contributed by atoms with van der Waals surface area (Å²) in [4.78, 5) is 29.9. The van der Waals surface area contributed by atoms with E-state index in [1.54, 1.807) is 7.11 Å². The van der Waals surface area contributed by atoms with E-state index >= 15 is 0 Å². The van der Waals surface area contributed by atoms with Gasteiger partial charge in [-0.3, -0.25) is 4.79 Å². The van der Waals surface area contributed by atoms with Gasteiger partial charge in [0.05, 0.1) is 19.5 Å². The Hall–Kier alpha value is -2.96. The summed E-state index contributed by atoms with van der Waals surface area (Å²) in [6, 6.07) is 7.76. The van der Waals surface area contributed by atoms with Crippen LogP contribution >= 0.6 is 0 Å². The largest absolute Gasteiger partial charge is 0.497 e. The van der Waals surface area contributed by atoms with Gasteiger partial charge in [0.15, 0.2) is 5.69 Å². The maximum absolute atomic E-state index is 11.8. The first-order valence-corrected chi connectivity index (χ1v) is 7.06. The van der Waals surface area contributed by atoms with Crippen LogP contribution < -0.4 is 10.1 Å². The number of aromatic carboxylic acids is 1. The number of methoxy groups -OCH3 is 1. The first-order chi connectivity index (χ1) is 11.1. The zero-order valence-electron chi connectivity index (χ0n) is 12.7. The summed E-state index contributed by atoms with van der Waals surface area (Å²) >= 11 is 0. The van der Waals surface area contributed by atoms with E-state index in [1.807, 2.05) is 24.3 Å². The molecular weight excluding hydrogens is 298 g/mol. The second kappa shape index (κ2) is 7.88. The lowest BCUT2D eigenvalue weighted by Crippen LogP contribution is -2.26. The molecule has 120 valence electrons. The summed E-state index contributed by atoms with van der Waals surface area (Å²) in [5.74, 6) is -0.737. The first-order valence-electron chi connectivity index (χ1n) is 7.06. The first kappa shape index (κ1) is 16.4. The fourth-order valence-corrected chi connectivity index (χ4v) is 1.93. The van der Waals surface area contributed by atoms with Gasteiger partial charge in [-0.1, -0.05) is 12.1 Å². The van der Waals surface area contributed by atoms with Crippen LogP contribution in [0.4, 0.5) is 0 Å². The zero-order valence-corrected chi connectivity index (χ0v) is 12.7. The van der Waals surface area contributed by atoms with Crippen molar-refractivity contribution < 1.29 is 19.4 Å². The molecule has 0 spiro atoms. The Morgan fingerprint density at radius 2 is 1.78 bits per heavy atom. The minimum atomic E-state index is -1.18. The highest BCUT2D eigenvalue weighted by atomic mass is 16.5. The van der Waals surface area contributed by atoms with Crippen molar-refractivity contribution in [2.24, 2.45) is 0 Å². The average Bonchev–Trinajstić information content (AvgIpc) is 2.59. The molecule has 7 nitrogen and oxygen atoms in total. The second-order valence-electron chi connectivity index (χ2n) is 4.80. The summed E-state index contributed by atoms with van der Waals surface area (Å²) < 4.78 is 5.09. The van der Waals surface area contributed by atoms with Gasteiger partial charge in [0.1, 0.15) is 11.4 Å². The normalized spacial score (nSPS) is 10.1. The SMILES string of the molecule is COc1ccc(CCCNC(=O)c2cnc(C(=O)O)cn2)cc1. The van der Waals surface area contributed by atoms with Crippen molar-refractivity contribution in [3.8, 4) is 5.75 Å². The van der Waals surface area contributed by atoms with Gasteiger partial charge in [0.25, 0.3) is 5.91 Å². The fraction of sp³-hybridized carbons (Fsp3) is 0.250. The average molecular weight is 315 g/mol. The molecule has 0 aliphatic carbocycles. The molecular formula is C16H17N3O4. The Kier molecular flexibility index (Phi) is 5.62. The van der Waals surface area contributed by atoms with Crippen LogP contribution in [-0.2, 0) is 6.42 Å². The molecule has 23 heavy (non-hydrogen) atoms. The van der Waals surface area contributed by atoms with E-state index in [4.69, 9.17) is 9.84 Å². The maximum Gasteiger partial charge on any atom is 0.356 e. The predicted molar refractivity (Wildman–Crippen MR) is 82.6 cm³/mol. The van der Waals surface area contributed by atoms with Crippen molar-refractivity contribution in [1.82, 2.24) is 15.3 Å². The highest BCUT2D eigenvalue weighted by Crippen LogP contribution is 2.12. The Bertz CT molecular complexity index is 669. The number of hydrogen-bond donors (Lipinski definition) is 2. The van der Waals surface area contributed by atoms with Crippen molar-refractivity contribution in [2.75, 3.05) is 13.7 Å². The summed E-state index contributed by atoms with van der Waals surface area (Å²) in [5.41, 5.74) is 1.06. The number of amides is 1. The third-order valence-electron chi connectivity index (χ3n) is 3.19. The van der Waals surface area contributed by atoms with E-state index in [9.17, 15) is 9.59 Å². The summed E-state index contributed by atoms with van der Waals surface area (Å²) in [6.07, 6.45) is 3.82. The van der Waals surface area contributed by atoms with Crippen LogP contribution in [0, 0.1) is 0 Å². The maximum atomic E-state index is 11.8. The number of aryl methyl sites for hydroxylation is 1. The molecule has 2 rings (SSSR count). The molecule has 1 aromatic heterocycles. The fourth-order valence-electron chi connectivity index (χ4n) is 1.93. The topological polar surface area (TPSA) is 101 Å². The number of nitrogens with one attached hydrogen (secondary N) is 1. The lowest BCUT2D eigenvalue weighted by Gasteiger charge is -2.06. The molecule has 0 saturated heterocycles. The number of hydrogen-bond acceptors (Lipinski definition) is 5. The predicted octanol–water partition coefficient (Wildman–Crippen LogP) is 1.55. The Labute approximate surface area is 133 Å². The van der Waals surface area contributed by atoms with Crippen LogP contribution in [0.3, 0.4) is 0 Å². The lowest BCUT2D eigenvalue weighted by atomic mass is 10.1. The minimum absolute atomic E-state index is 0.0967. The molecule has 0 bridgehead atoms. The highest BCUT2D eigenvalue weighted by molar-refractivity contribution is 5.92. The number of aromatic nitrogens is 2. The standard InChI is InChI=1S/C16H17N3O4/c1-23-12-6-4-11(5-7-12)3-2-8-17-15(20)13-9-19-14(10-18-13)16(21)22/h4-7,9-10H,2-3,8H2,1H3,(H,17,20)(H,21,22). The van der Waals surface area contributed by atoms with E-state index in [-0.39, 0.29) is 17.3 Å². The van der Waals surface area contributed by atoms with Gasteiger partial charge in [-0.05, 0) is 30.5 Å². The number of nitrogens with zero attached hydrogens (tertiary/aromatic N) is 2. The number of ether oxygens (including phenoxy) is 1. The summed E-state index contributed by atoms with van der Waals surface area (Å²) in [6.45, 7) is 0.493. The van der Waals surface area contributed by atoms with Crippen LogP contribution in [-0.4, -0.2) is 40.6 Å². The number of carbonyl (C=O) groups excluding carboxylic acids is 1. The second-order valence-corrected chi connectivity index (χ2v) is 4.80. The quantitative estimate of drug-likeness (QED) is 0.752. The molecule has 0 aliphatic heterocycles. The molecule has 0 aliphatic rings. The third kappa shape index (κ3) is 4.77. The van der Waals surface area contributed by atoms with E-state index in [1.165, 1.54) is 0 Å². The van der Waals surface area contributed by atoms with E-state index in [0.717, 1.165) is 36.5 Å². The Morgan fingerprint density at radius 3 is 2.35 bits per heavy atom. The van der Waals surface area contributed by atoms with Gasteiger partial charge >= 0.3 is 5.97 Å². The monoisotopic (exact) mass is 315 g/mol. The highest BCUT2D eigenvalue weighted by Gasteiger charge is 2.10. The molecule has 2 aromatic rings. The Balaban J connectivity index is 1.76. The number of benzene rings is 1. The van der Waals surface area contributed by atoms with Crippen LogP contribution in [0.1, 0.15) is 33.0 Å².